The fourth-order valence-electron chi connectivity index (χ4n) is 2.59. The molecule has 0 aromatic heterocycles. The first kappa shape index (κ1) is 12.3. The normalized spacial score (nSPS) is 18.9. The van der Waals surface area contributed by atoms with Crippen molar-refractivity contribution in [3.8, 4) is 0 Å². The van der Waals surface area contributed by atoms with Crippen molar-refractivity contribution in [1.82, 2.24) is 0 Å². The van der Waals surface area contributed by atoms with E-state index < -0.39 is 0 Å². The maximum Gasteiger partial charge on any atom is 0.164 e. The first-order valence-electron chi connectivity index (χ1n) is 6.48. The number of rotatable bonds is 3. The van der Waals surface area contributed by atoms with Gasteiger partial charge in [-0.1, -0.05) is 49.1 Å². The van der Waals surface area contributed by atoms with E-state index in [0.29, 0.717) is 6.42 Å². The number of carbonyl (C=O) groups excluding carboxylic acids is 1. The lowest BCUT2D eigenvalue weighted by atomic mass is 9.78. The van der Waals surface area contributed by atoms with Gasteiger partial charge in [0.1, 0.15) is 0 Å². The van der Waals surface area contributed by atoms with Crippen LogP contribution in [0.1, 0.15) is 54.4 Å². The molecule has 1 aliphatic carbocycles. The van der Waals surface area contributed by atoms with Gasteiger partial charge in [0, 0.05) is 17.5 Å². The van der Waals surface area contributed by atoms with E-state index >= 15 is 0 Å². The Morgan fingerprint density at radius 2 is 1.76 bits per heavy atom. The van der Waals surface area contributed by atoms with Crippen molar-refractivity contribution >= 4 is 5.78 Å². The molecular formula is C15H21NO. The summed E-state index contributed by atoms with van der Waals surface area (Å²) in [5.74, 6) is 0.189. The predicted molar refractivity (Wildman–Crippen MR) is 70.1 cm³/mol. The van der Waals surface area contributed by atoms with Crippen LogP contribution < -0.4 is 5.73 Å². The number of ketones is 1. The van der Waals surface area contributed by atoms with Crippen LogP contribution in [0.25, 0.3) is 0 Å². The number of nitrogens with two attached hydrogens (primary N) is 1. The van der Waals surface area contributed by atoms with Crippen molar-refractivity contribution < 1.29 is 4.79 Å². The zero-order valence-electron chi connectivity index (χ0n) is 10.5. The molecule has 0 radical (unpaired) electrons. The summed E-state index contributed by atoms with van der Waals surface area (Å²) in [7, 11) is 0. The van der Waals surface area contributed by atoms with Crippen LogP contribution >= 0.6 is 0 Å². The van der Waals surface area contributed by atoms with Crippen molar-refractivity contribution in [2.24, 2.45) is 5.73 Å². The van der Waals surface area contributed by atoms with E-state index in [0.717, 1.165) is 31.2 Å². The molecule has 0 spiro atoms. The molecule has 0 amide bonds. The summed E-state index contributed by atoms with van der Waals surface area (Å²) in [6, 6.07) is 7.78. The fraction of sp³-hybridized carbons (Fsp3) is 0.533. The van der Waals surface area contributed by atoms with Crippen molar-refractivity contribution in [3.63, 3.8) is 0 Å². The maximum atomic E-state index is 12.1. The lowest BCUT2D eigenvalue weighted by Gasteiger charge is -2.32. The second kappa shape index (κ2) is 5.01. The molecule has 2 nitrogen and oxygen atoms in total. The third-order valence-electron chi connectivity index (χ3n) is 3.74. The number of hydrogen-bond acceptors (Lipinski definition) is 2. The minimum atomic E-state index is -0.250. The lowest BCUT2D eigenvalue weighted by molar-refractivity contribution is 0.0934. The zero-order chi connectivity index (χ0) is 12.3. The van der Waals surface area contributed by atoms with E-state index in [1.165, 1.54) is 12.0 Å². The van der Waals surface area contributed by atoms with Crippen LogP contribution in [-0.4, -0.2) is 11.3 Å². The van der Waals surface area contributed by atoms with Gasteiger partial charge in [0.05, 0.1) is 0 Å². The Bertz CT molecular complexity index is 388. The monoisotopic (exact) mass is 231 g/mol. The maximum absolute atomic E-state index is 12.1. The summed E-state index contributed by atoms with van der Waals surface area (Å²) in [4.78, 5) is 12.1. The SMILES string of the molecule is Cc1ccc(C(=O)CC2(N)CCCCC2)cc1. The minimum Gasteiger partial charge on any atom is -0.325 e. The predicted octanol–water partition coefficient (Wildman–Crippen LogP) is 3.23. The average Bonchev–Trinajstić information content (AvgIpc) is 2.30. The molecule has 0 aliphatic heterocycles. The topological polar surface area (TPSA) is 43.1 Å². The van der Waals surface area contributed by atoms with E-state index in [2.05, 4.69) is 0 Å². The van der Waals surface area contributed by atoms with Crippen molar-refractivity contribution in [2.75, 3.05) is 0 Å². The first-order valence-corrected chi connectivity index (χ1v) is 6.48. The largest absolute Gasteiger partial charge is 0.325 e. The van der Waals surface area contributed by atoms with Gasteiger partial charge >= 0.3 is 0 Å². The van der Waals surface area contributed by atoms with Gasteiger partial charge in [0.25, 0.3) is 0 Å². The highest BCUT2D eigenvalue weighted by molar-refractivity contribution is 5.96. The molecule has 0 heterocycles. The molecule has 92 valence electrons. The van der Waals surface area contributed by atoms with Crippen LogP contribution in [0.5, 0.6) is 0 Å². The van der Waals surface area contributed by atoms with Gasteiger partial charge in [-0.2, -0.15) is 0 Å². The highest BCUT2D eigenvalue weighted by atomic mass is 16.1. The number of hydrogen-bond donors (Lipinski definition) is 1. The van der Waals surface area contributed by atoms with E-state index in [1.54, 1.807) is 0 Å². The number of aryl methyl sites for hydroxylation is 1. The Morgan fingerprint density at radius 3 is 2.35 bits per heavy atom. The third kappa shape index (κ3) is 3.16. The Balaban J connectivity index is 2.03. The van der Waals surface area contributed by atoms with E-state index in [4.69, 9.17) is 5.73 Å². The van der Waals surface area contributed by atoms with Gasteiger partial charge in [-0.05, 0) is 19.8 Å². The van der Waals surface area contributed by atoms with Gasteiger partial charge in [-0.25, -0.2) is 0 Å². The second-order valence-corrected chi connectivity index (χ2v) is 5.39. The fourth-order valence-corrected chi connectivity index (χ4v) is 2.59. The van der Waals surface area contributed by atoms with Crippen molar-refractivity contribution in [3.05, 3.63) is 35.4 Å². The van der Waals surface area contributed by atoms with Gasteiger partial charge in [-0.15, -0.1) is 0 Å². The molecule has 1 fully saturated rings. The van der Waals surface area contributed by atoms with Gasteiger partial charge < -0.3 is 5.73 Å². The van der Waals surface area contributed by atoms with Crippen molar-refractivity contribution in [2.45, 2.75) is 51.0 Å². The molecule has 1 aliphatic rings. The lowest BCUT2D eigenvalue weighted by Crippen LogP contribution is -2.43. The Morgan fingerprint density at radius 1 is 1.18 bits per heavy atom. The molecule has 17 heavy (non-hydrogen) atoms. The van der Waals surface area contributed by atoms with Crippen LogP contribution in [0.4, 0.5) is 0 Å². The summed E-state index contributed by atoms with van der Waals surface area (Å²) in [5, 5.41) is 0. The molecule has 1 aromatic rings. The second-order valence-electron chi connectivity index (χ2n) is 5.39. The number of Topliss-reactive ketones (excluding diaryl/α,β-unsaturated/α-hetero) is 1. The molecule has 1 aromatic carbocycles. The summed E-state index contributed by atoms with van der Waals surface area (Å²) >= 11 is 0. The number of carbonyl (C=O) groups is 1. The van der Waals surface area contributed by atoms with E-state index in [1.807, 2.05) is 31.2 Å². The Labute approximate surface area is 103 Å². The Kier molecular flexibility index (Phi) is 3.63. The van der Waals surface area contributed by atoms with Crippen LogP contribution in [0.15, 0.2) is 24.3 Å². The molecule has 0 saturated heterocycles. The molecular weight excluding hydrogens is 210 g/mol. The minimum absolute atomic E-state index is 0.189. The van der Waals surface area contributed by atoms with Crippen LogP contribution in [0, 0.1) is 6.92 Å². The highest BCUT2D eigenvalue weighted by Gasteiger charge is 2.30. The van der Waals surface area contributed by atoms with Crippen LogP contribution in [0.2, 0.25) is 0 Å². The van der Waals surface area contributed by atoms with E-state index in [-0.39, 0.29) is 11.3 Å². The highest BCUT2D eigenvalue weighted by Crippen LogP contribution is 2.29. The molecule has 0 bridgehead atoms. The van der Waals surface area contributed by atoms with E-state index in [9.17, 15) is 4.79 Å². The summed E-state index contributed by atoms with van der Waals surface area (Å²) in [5.41, 5.74) is 8.04. The zero-order valence-corrected chi connectivity index (χ0v) is 10.5. The smallest absolute Gasteiger partial charge is 0.164 e. The van der Waals surface area contributed by atoms with Crippen molar-refractivity contribution in [1.29, 1.82) is 0 Å². The average molecular weight is 231 g/mol. The molecule has 1 saturated carbocycles. The number of benzene rings is 1. The first-order chi connectivity index (χ1) is 8.09. The molecule has 2 heteroatoms. The van der Waals surface area contributed by atoms with Gasteiger partial charge in [-0.3, -0.25) is 4.79 Å². The Hall–Kier alpha value is -1.15. The third-order valence-corrected chi connectivity index (χ3v) is 3.74. The summed E-state index contributed by atoms with van der Waals surface area (Å²) in [6.07, 6.45) is 6.07. The van der Waals surface area contributed by atoms with Crippen LogP contribution in [-0.2, 0) is 0 Å². The molecule has 0 unspecified atom stereocenters. The quantitative estimate of drug-likeness (QED) is 0.812. The molecule has 0 atom stereocenters. The van der Waals surface area contributed by atoms with Gasteiger partial charge in [0.15, 0.2) is 5.78 Å². The summed E-state index contributed by atoms with van der Waals surface area (Å²) in [6.45, 7) is 2.03. The van der Waals surface area contributed by atoms with Gasteiger partial charge in [0.2, 0.25) is 0 Å². The summed E-state index contributed by atoms with van der Waals surface area (Å²) < 4.78 is 0. The van der Waals surface area contributed by atoms with Crippen LogP contribution in [0.3, 0.4) is 0 Å². The standard InChI is InChI=1S/C15H21NO/c1-12-5-7-13(8-6-12)14(17)11-15(16)9-3-2-4-10-15/h5-8H,2-4,9-11,16H2,1H3. The molecule has 2 rings (SSSR count). The molecule has 2 N–H and O–H groups in total.